The molecular weight excluding hydrogens is 174 g/mol. The zero-order valence-electron chi connectivity index (χ0n) is 7.69. The van der Waals surface area contributed by atoms with Gasteiger partial charge >= 0.3 is 5.97 Å². The third kappa shape index (κ3) is 6.27. The first-order valence-electron chi connectivity index (χ1n) is 3.95. The summed E-state index contributed by atoms with van der Waals surface area (Å²) in [6.07, 6.45) is -0.186. The molecule has 4 N–H and O–H groups in total. The van der Waals surface area contributed by atoms with E-state index in [1.165, 1.54) is 19.9 Å². The Bertz CT molecular complexity index is 200. The van der Waals surface area contributed by atoms with Gasteiger partial charge in [-0.2, -0.15) is 0 Å². The third-order valence-electron chi connectivity index (χ3n) is 1.42. The van der Waals surface area contributed by atoms with Gasteiger partial charge in [0.15, 0.2) is 0 Å². The summed E-state index contributed by atoms with van der Waals surface area (Å²) < 4.78 is 0. The molecule has 76 valence electrons. The van der Waals surface area contributed by atoms with Crippen LogP contribution in [0.3, 0.4) is 0 Å². The summed E-state index contributed by atoms with van der Waals surface area (Å²) in [4.78, 5) is 10.3. The average Bonchev–Trinajstić information content (AvgIpc) is 1.98. The molecule has 0 fully saturated rings. The van der Waals surface area contributed by atoms with E-state index < -0.39 is 18.4 Å². The molecule has 0 amide bonds. The van der Waals surface area contributed by atoms with Gasteiger partial charge in [0.05, 0.1) is 0 Å². The molecule has 2 unspecified atom stereocenters. The Hall–Kier alpha value is -0.910. The van der Waals surface area contributed by atoms with Crippen LogP contribution in [-0.4, -0.2) is 33.7 Å². The molecule has 0 heterocycles. The highest BCUT2D eigenvalue weighted by Crippen LogP contribution is 1.98. The van der Waals surface area contributed by atoms with Crippen molar-refractivity contribution >= 4 is 5.97 Å². The van der Waals surface area contributed by atoms with E-state index >= 15 is 0 Å². The zero-order chi connectivity index (χ0) is 10.4. The van der Waals surface area contributed by atoms with Crippen LogP contribution in [0.25, 0.3) is 0 Å². The lowest BCUT2D eigenvalue weighted by Gasteiger charge is -2.12. The standard InChI is InChI=1S/C8H15NO4/c1-5(8(12)13)3-4-7(11)9-6(2)10/h3,6-7,9-11H,4H2,1-2H3,(H,12,13). The fraction of sp³-hybridized carbons (Fsp3) is 0.625. The third-order valence-corrected chi connectivity index (χ3v) is 1.42. The molecule has 2 atom stereocenters. The lowest BCUT2D eigenvalue weighted by Crippen LogP contribution is -2.35. The number of nitrogens with one attached hydrogen (secondary N) is 1. The second kappa shape index (κ2) is 5.69. The predicted molar refractivity (Wildman–Crippen MR) is 46.8 cm³/mol. The first kappa shape index (κ1) is 12.1. The van der Waals surface area contributed by atoms with E-state index in [4.69, 9.17) is 15.3 Å². The van der Waals surface area contributed by atoms with E-state index in [0.717, 1.165) is 0 Å². The van der Waals surface area contributed by atoms with E-state index in [1.54, 1.807) is 0 Å². The van der Waals surface area contributed by atoms with Crippen molar-refractivity contribution in [1.82, 2.24) is 5.32 Å². The van der Waals surface area contributed by atoms with Crippen molar-refractivity contribution < 1.29 is 20.1 Å². The van der Waals surface area contributed by atoms with Crippen LogP contribution in [0.2, 0.25) is 0 Å². The van der Waals surface area contributed by atoms with Crippen LogP contribution in [0, 0.1) is 0 Å². The molecule has 0 spiro atoms. The van der Waals surface area contributed by atoms with Gasteiger partial charge in [0, 0.05) is 12.0 Å². The minimum Gasteiger partial charge on any atom is -0.478 e. The van der Waals surface area contributed by atoms with Gasteiger partial charge in [0.1, 0.15) is 12.5 Å². The van der Waals surface area contributed by atoms with Gasteiger partial charge in [-0.1, -0.05) is 6.08 Å². The predicted octanol–water partition coefficient (Wildman–Crippen LogP) is -0.346. The molecule has 0 aromatic carbocycles. The molecule has 0 saturated heterocycles. The summed E-state index contributed by atoms with van der Waals surface area (Å²) in [7, 11) is 0. The number of aliphatic hydroxyl groups is 2. The molecule has 0 saturated carbocycles. The minimum atomic E-state index is -1.01. The van der Waals surface area contributed by atoms with Crippen molar-refractivity contribution in [2.45, 2.75) is 32.7 Å². The normalized spacial score (nSPS) is 16.8. The summed E-state index contributed by atoms with van der Waals surface area (Å²) in [6, 6.07) is 0. The van der Waals surface area contributed by atoms with Crippen LogP contribution >= 0.6 is 0 Å². The molecule has 0 aliphatic rings. The van der Waals surface area contributed by atoms with Crippen molar-refractivity contribution in [1.29, 1.82) is 0 Å². The number of carbonyl (C=O) groups is 1. The number of carboxylic acid groups (broad SMARTS) is 1. The van der Waals surface area contributed by atoms with Gasteiger partial charge in [-0.3, -0.25) is 5.32 Å². The Labute approximate surface area is 76.7 Å². The molecular formula is C8H15NO4. The van der Waals surface area contributed by atoms with Crippen LogP contribution in [-0.2, 0) is 4.79 Å². The zero-order valence-corrected chi connectivity index (χ0v) is 7.69. The van der Waals surface area contributed by atoms with Crippen molar-refractivity contribution in [3.8, 4) is 0 Å². The second-order valence-corrected chi connectivity index (χ2v) is 2.79. The van der Waals surface area contributed by atoms with E-state index in [-0.39, 0.29) is 12.0 Å². The lowest BCUT2D eigenvalue weighted by atomic mass is 10.2. The fourth-order valence-corrected chi connectivity index (χ4v) is 0.722. The molecule has 0 bridgehead atoms. The van der Waals surface area contributed by atoms with Gasteiger partial charge in [-0.15, -0.1) is 0 Å². The molecule has 0 aliphatic carbocycles. The Balaban J connectivity index is 3.87. The molecule has 5 heteroatoms. The smallest absolute Gasteiger partial charge is 0.330 e. The van der Waals surface area contributed by atoms with E-state index in [1.807, 2.05) is 0 Å². The molecule has 0 aromatic heterocycles. The van der Waals surface area contributed by atoms with Crippen LogP contribution in [0.5, 0.6) is 0 Å². The summed E-state index contributed by atoms with van der Waals surface area (Å²) in [5.74, 6) is -1.01. The summed E-state index contributed by atoms with van der Waals surface area (Å²) in [5.41, 5.74) is 0.173. The SMILES string of the molecule is CC(=CCC(O)NC(C)O)C(=O)O. The highest BCUT2D eigenvalue weighted by molar-refractivity contribution is 5.85. The summed E-state index contributed by atoms with van der Waals surface area (Å²) >= 11 is 0. The Morgan fingerprint density at radius 1 is 1.54 bits per heavy atom. The minimum absolute atomic E-state index is 0.156. The van der Waals surface area contributed by atoms with E-state index in [9.17, 15) is 4.79 Å². The Morgan fingerprint density at radius 3 is 2.46 bits per heavy atom. The van der Waals surface area contributed by atoms with Gasteiger partial charge in [0.2, 0.25) is 0 Å². The van der Waals surface area contributed by atoms with E-state index in [0.29, 0.717) is 0 Å². The first-order chi connectivity index (χ1) is 5.93. The monoisotopic (exact) mass is 189 g/mol. The number of hydrogen-bond acceptors (Lipinski definition) is 4. The molecule has 13 heavy (non-hydrogen) atoms. The molecule has 0 aromatic rings. The molecule has 0 radical (unpaired) electrons. The maximum Gasteiger partial charge on any atom is 0.330 e. The molecule has 5 nitrogen and oxygen atoms in total. The number of rotatable bonds is 5. The van der Waals surface area contributed by atoms with E-state index in [2.05, 4.69) is 5.32 Å². The van der Waals surface area contributed by atoms with Crippen LogP contribution in [0.1, 0.15) is 20.3 Å². The molecule has 0 aliphatic heterocycles. The maximum atomic E-state index is 10.3. The fourth-order valence-electron chi connectivity index (χ4n) is 0.722. The van der Waals surface area contributed by atoms with Crippen LogP contribution in [0.4, 0.5) is 0 Å². The number of hydrogen-bond donors (Lipinski definition) is 4. The number of carboxylic acids is 1. The van der Waals surface area contributed by atoms with Crippen LogP contribution in [0.15, 0.2) is 11.6 Å². The van der Waals surface area contributed by atoms with Gasteiger partial charge < -0.3 is 15.3 Å². The first-order valence-corrected chi connectivity index (χ1v) is 3.95. The average molecular weight is 189 g/mol. The molecule has 0 rings (SSSR count). The summed E-state index contributed by atoms with van der Waals surface area (Å²) in [6.45, 7) is 2.91. The Kier molecular flexibility index (Phi) is 5.29. The number of aliphatic hydroxyl groups excluding tert-OH is 2. The summed E-state index contributed by atoms with van der Waals surface area (Å²) in [5, 5.41) is 28.8. The topological polar surface area (TPSA) is 89.8 Å². The number of aliphatic carboxylic acids is 1. The van der Waals surface area contributed by atoms with Crippen molar-refractivity contribution in [2.75, 3.05) is 0 Å². The lowest BCUT2D eigenvalue weighted by molar-refractivity contribution is -0.132. The maximum absolute atomic E-state index is 10.3. The van der Waals surface area contributed by atoms with Crippen LogP contribution < -0.4 is 5.32 Å². The largest absolute Gasteiger partial charge is 0.478 e. The Morgan fingerprint density at radius 2 is 2.08 bits per heavy atom. The second-order valence-electron chi connectivity index (χ2n) is 2.79. The van der Waals surface area contributed by atoms with Crippen molar-refractivity contribution in [3.05, 3.63) is 11.6 Å². The quantitative estimate of drug-likeness (QED) is 0.351. The van der Waals surface area contributed by atoms with Crippen molar-refractivity contribution in [2.24, 2.45) is 0 Å². The highest BCUT2D eigenvalue weighted by Gasteiger charge is 2.05. The van der Waals surface area contributed by atoms with Crippen molar-refractivity contribution in [3.63, 3.8) is 0 Å². The van der Waals surface area contributed by atoms with Gasteiger partial charge in [0.25, 0.3) is 0 Å². The highest BCUT2D eigenvalue weighted by atomic mass is 16.4. The van der Waals surface area contributed by atoms with Gasteiger partial charge in [-0.05, 0) is 13.8 Å². The van der Waals surface area contributed by atoms with Gasteiger partial charge in [-0.25, -0.2) is 4.79 Å².